The van der Waals surface area contributed by atoms with E-state index in [1.807, 2.05) is 0 Å². The molecule has 3 aromatic rings. The molecule has 0 amide bonds. The van der Waals surface area contributed by atoms with Crippen molar-refractivity contribution in [3.8, 4) is 11.3 Å². The van der Waals surface area contributed by atoms with Gasteiger partial charge in [-0.3, -0.25) is 24.0 Å². The highest BCUT2D eigenvalue weighted by atomic mass is 79.9. The van der Waals surface area contributed by atoms with Crippen molar-refractivity contribution in [2.24, 2.45) is 14.1 Å². The van der Waals surface area contributed by atoms with Gasteiger partial charge in [0, 0.05) is 42.5 Å². The number of non-ortho nitro benzene ring substituents is 1. The van der Waals surface area contributed by atoms with Crippen LogP contribution in [0.25, 0.3) is 22.2 Å². The zero-order chi connectivity index (χ0) is 21.0. The summed E-state index contributed by atoms with van der Waals surface area (Å²) in [5, 5.41) is 21.4. The van der Waals surface area contributed by atoms with Crippen molar-refractivity contribution >= 4 is 32.5 Å². The van der Waals surface area contributed by atoms with Crippen LogP contribution >= 0.6 is 15.9 Å². The Morgan fingerprint density at radius 3 is 2.43 bits per heavy atom. The van der Waals surface area contributed by atoms with Crippen molar-refractivity contribution in [3.63, 3.8) is 0 Å². The second kappa shape index (κ2) is 6.71. The Bertz CT molecular complexity index is 1240. The number of aliphatic hydroxyl groups excluding tert-OH is 1. The molecule has 0 aliphatic heterocycles. The number of hydrogen-bond acceptors (Lipinski definition) is 5. The van der Waals surface area contributed by atoms with Crippen LogP contribution in [0.15, 0.2) is 38.5 Å². The molecule has 148 valence electrons. The van der Waals surface area contributed by atoms with Crippen molar-refractivity contribution in [3.05, 3.63) is 59.8 Å². The van der Waals surface area contributed by atoms with E-state index in [1.54, 1.807) is 31.7 Å². The molecule has 0 unspecified atom stereocenters. The standard InChI is InChI=1S/C18H19BrN4O5/c1-18(2,9-24)22-8-13-14(16(25)21(4)17(26)20(13)3)15(22)11-7-10(23(27)28)5-6-12(11)19/h5-8,24H,9H2,1-4H3. The lowest BCUT2D eigenvalue weighted by atomic mass is 10.0. The van der Waals surface area contributed by atoms with Gasteiger partial charge in [0.15, 0.2) is 0 Å². The molecule has 0 aliphatic carbocycles. The summed E-state index contributed by atoms with van der Waals surface area (Å²) in [5.41, 5.74) is -0.785. The molecular weight excluding hydrogens is 432 g/mol. The Hall–Kier alpha value is -2.72. The second-order valence-electron chi connectivity index (χ2n) is 7.21. The Morgan fingerprint density at radius 1 is 1.21 bits per heavy atom. The molecule has 9 nitrogen and oxygen atoms in total. The van der Waals surface area contributed by atoms with Gasteiger partial charge < -0.3 is 9.67 Å². The third-order valence-corrected chi connectivity index (χ3v) is 5.59. The fourth-order valence-corrected chi connectivity index (χ4v) is 3.60. The average molecular weight is 451 g/mol. The monoisotopic (exact) mass is 450 g/mol. The molecule has 0 fully saturated rings. The summed E-state index contributed by atoms with van der Waals surface area (Å²) in [7, 11) is 2.93. The first-order chi connectivity index (χ1) is 13.0. The highest BCUT2D eigenvalue weighted by Crippen LogP contribution is 2.38. The first-order valence-electron chi connectivity index (χ1n) is 8.38. The van der Waals surface area contributed by atoms with Crippen molar-refractivity contribution < 1.29 is 10.0 Å². The minimum absolute atomic E-state index is 0.137. The maximum absolute atomic E-state index is 13.0. The fourth-order valence-electron chi connectivity index (χ4n) is 3.17. The lowest BCUT2D eigenvalue weighted by Gasteiger charge is -2.27. The van der Waals surface area contributed by atoms with E-state index in [0.717, 1.165) is 4.57 Å². The molecule has 0 saturated heterocycles. The third kappa shape index (κ3) is 2.89. The summed E-state index contributed by atoms with van der Waals surface area (Å²) in [5.74, 6) is 0. The number of nitro groups is 1. The van der Waals surface area contributed by atoms with Crippen LogP contribution in [0.3, 0.4) is 0 Å². The van der Waals surface area contributed by atoms with E-state index < -0.39 is 21.7 Å². The van der Waals surface area contributed by atoms with E-state index >= 15 is 0 Å². The summed E-state index contributed by atoms with van der Waals surface area (Å²) in [4.78, 5) is 36.1. The van der Waals surface area contributed by atoms with Gasteiger partial charge in [0.2, 0.25) is 0 Å². The molecule has 28 heavy (non-hydrogen) atoms. The van der Waals surface area contributed by atoms with Crippen molar-refractivity contribution in [2.75, 3.05) is 6.61 Å². The van der Waals surface area contributed by atoms with Gasteiger partial charge in [-0.15, -0.1) is 0 Å². The van der Waals surface area contributed by atoms with Crippen molar-refractivity contribution in [1.29, 1.82) is 0 Å². The zero-order valence-corrected chi connectivity index (χ0v) is 17.3. The molecule has 0 saturated carbocycles. The van der Waals surface area contributed by atoms with Gasteiger partial charge >= 0.3 is 5.69 Å². The molecule has 0 bridgehead atoms. The zero-order valence-electron chi connectivity index (χ0n) is 15.8. The quantitative estimate of drug-likeness (QED) is 0.482. The third-order valence-electron chi connectivity index (χ3n) is 4.89. The van der Waals surface area contributed by atoms with Crippen LogP contribution in [0, 0.1) is 10.1 Å². The summed E-state index contributed by atoms with van der Waals surface area (Å²) in [6, 6.07) is 4.26. The van der Waals surface area contributed by atoms with Crippen molar-refractivity contribution in [1.82, 2.24) is 13.7 Å². The normalized spacial score (nSPS) is 11.9. The largest absolute Gasteiger partial charge is 0.394 e. The Labute approximate surface area is 167 Å². The Morgan fingerprint density at radius 2 is 1.86 bits per heavy atom. The fraction of sp³-hybridized carbons (Fsp3) is 0.333. The Kier molecular flexibility index (Phi) is 4.80. The van der Waals surface area contributed by atoms with E-state index in [4.69, 9.17) is 0 Å². The van der Waals surface area contributed by atoms with E-state index in [1.165, 1.54) is 29.8 Å². The number of aromatic nitrogens is 3. The molecule has 0 radical (unpaired) electrons. The number of nitrogens with zero attached hydrogens (tertiary/aromatic N) is 4. The van der Waals surface area contributed by atoms with Gasteiger partial charge in [-0.1, -0.05) is 15.9 Å². The first kappa shape index (κ1) is 20.0. The summed E-state index contributed by atoms with van der Waals surface area (Å²) < 4.78 is 4.56. The van der Waals surface area contributed by atoms with Crippen LogP contribution in [0.1, 0.15) is 13.8 Å². The SMILES string of the molecule is Cn1c(=O)c2c(-c3cc([N+](=O)[O-])ccc3Br)n(C(C)(C)CO)cc2n(C)c1=O. The predicted octanol–water partition coefficient (Wildman–Crippen LogP) is 2.10. The molecule has 1 N–H and O–H groups in total. The maximum Gasteiger partial charge on any atom is 0.330 e. The number of benzene rings is 1. The molecular formula is C18H19BrN4O5. The van der Waals surface area contributed by atoms with Crippen LogP contribution in [0.5, 0.6) is 0 Å². The van der Waals surface area contributed by atoms with Gasteiger partial charge in [0.05, 0.1) is 33.7 Å². The van der Waals surface area contributed by atoms with E-state index in [0.29, 0.717) is 21.2 Å². The average Bonchev–Trinajstić information content (AvgIpc) is 3.06. The molecule has 2 aromatic heterocycles. The van der Waals surface area contributed by atoms with Gasteiger partial charge in [-0.25, -0.2) is 4.79 Å². The van der Waals surface area contributed by atoms with E-state index in [2.05, 4.69) is 15.9 Å². The lowest BCUT2D eigenvalue weighted by molar-refractivity contribution is -0.384. The molecule has 1 aromatic carbocycles. The highest BCUT2D eigenvalue weighted by molar-refractivity contribution is 9.10. The maximum atomic E-state index is 13.0. The van der Waals surface area contributed by atoms with Gasteiger partial charge in [0.1, 0.15) is 0 Å². The summed E-state index contributed by atoms with van der Waals surface area (Å²) in [6.45, 7) is 3.29. The van der Waals surface area contributed by atoms with Crippen LogP contribution < -0.4 is 11.2 Å². The van der Waals surface area contributed by atoms with Crippen LogP contribution in [-0.4, -0.2) is 30.3 Å². The number of aliphatic hydroxyl groups is 1. The second-order valence-corrected chi connectivity index (χ2v) is 8.06. The molecule has 0 aliphatic rings. The van der Waals surface area contributed by atoms with Gasteiger partial charge in [0.25, 0.3) is 11.2 Å². The van der Waals surface area contributed by atoms with Crippen molar-refractivity contribution in [2.45, 2.75) is 19.4 Å². The minimum atomic E-state index is -0.834. The molecule has 10 heteroatoms. The molecule has 3 rings (SSSR count). The highest BCUT2D eigenvalue weighted by Gasteiger charge is 2.29. The minimum Gasteiger partial charge on any atom is -0.394 e. The van der Waals surface area contributed by atoms with Gasteiger partial charge in [-0.05, 0) is 19.9 Å². The first-order valence-corrected chi connectivity index (χ1v) is 9.17. The molecule has 2 heterocycles. The number of nitro benzene ring substituents is 1. The lowest BCUT2D eigenvalue weighted by Crippen LogP contribution is -2.36. The number of hydrogen-bond donors (Lipinski definition) is 1. The topological polar surface area (TPSA) is 112 Å². The van der Waals surface area contributed by atoms with Crippen LogP contribution in [0.2, 0.25) is 0 Å². The van der Waals surface area contributed by atoms with E-state index in [9.17, 15) is 24.8 Å². The summed E-state index contributed by atoms with van der Waals surface area (Å²) >= 11 is 3.41. The number of aryl methyl sites for hydroxylation is 1. The Balaban J connectivity index is 2.60. The van der Waals surface area contributed by atoms with Crippen LogP contribution in [0.4, 0.5) is 5.69 Å². The number of halogens is 1. The van der Waals surface area contributed by atoms with E-state index in [-0.39, 0.29) is 17.7 Å². The molecule has 0 spiro atoms. The smallest absolute Gasteiger partial charge is 0.330 e. The number of rotatable bonds is 4. The van der Waals surface area contributed by atoms with Gasteiger partial charge in [-0.2, -0.15) is 0 Å². The number of fused-ring (bicyclic) bond motifs is 1. The molecule has 0 atom stereocenters. The van der Waals surface area contributed by atoms with Crippen LogP contribution in [-0.2, 0) is 19.6 Å². The predicted molar refractivity (Wildman–Crippen MR) is 109 cm³/mol. The summed E-state index contributed by atoms with van der Waals surface area (Å²) in [6.07, 6.45) is 1.62.